The summed E-state index contributed by atoms with van der Waals surface area (Å²) in [6, 6.07) is 0.238. The SMILES string of the molecule is CC1CCOC1C(NN)c1cnccc1C(F)(F)F. The summed E-state index contributed by atoms with van der Waals surface area (Å²) in [4.78, 5) is 3.77. The first-order chi connectivity index (χ1) is 8.95. The Hall–Kier alpha value is -1.18. The van der Waals surface area contributed by atoms with Crippen LogP contribution in [0.5, 0.6) is 0 Å². The number of alkyl halides is 3. The molecule has 0 amide bonds. The van der Waals surface area contributed by atoms with Crippen LogP contribution in [0.15, 0.2) is 18.5 Å². The Bertz CT molecular complexity index is 438. The van der Waals surface area contributed by atoms with E-state index in [0.29, 0.717) is 6.61 Å². The van der Waals surface area contributed by atoms with Gasteiger partial charge in [0.25, 0.3) is 0 Å². The van der Waals surface area contributed by atoms with Crippen molar-refractivity contribution in [1.82, 2.24) is 10.4 Å². The minimum absolute atomic E-state index is 0.0243. The van der Waals surface area contributed by atoms with Crippen molar-refractivity contribution >= 4 is 0 Å². The highest BCUT2D eigenvalue weighted by molar-refractivity contribution is 5.30. The van der Waals surface area contributed by atoms with Crippen LogP contribution in [0.2, 0.25) is 0 Å². The minimum atomic E-state index is -4.44. The first-order valence-electron chi connectivity index (χ1n) is 6.04. The third kappa shape index (κ3) is 2.88. The third-order valence-electron chi connectivity index (χ3n) is 3.44. The molecule has 3 atom stereocenters. The Morgan fingerprint density at radius 3 is 2.79 bits per heavy atom. The highest BCUT2D eigenvalue weighted by Gasteiger charge is 2.39. The predicted octanol–water partition coefficient (Wildman–Crippen LogP) is 2.03. The van der Waals surface area contributed by atoms with Crippen molar-refractivity contribution in [3.8, 4) is 0 Å². The van der Waals surface area contributed by atoms with E-state index in [0.717, 1.165) is 18.7 Å². The van der Waals surface area contributed by atoms with Crippen molar-refractivity contribution in [1.29, 1.82) is 0 Å². The monoisotopic (exact) mass is 275 g/mol. The first-order valence-corrected chi connectivity index (χ1v) is 6.04. The summed E-state index contributed by atoms with van der Waals surface area (Å²) in [5.41, 5.74) is 1.73. The second kappa shape index (κ2) is 5.44. The number of hydrazine groups is 1. The molecule has 1 aliphatic heterocycles. The molecule has 19 heavy (non-hydrogen) atoms. The number of rotatable bonds is 3. The molecule has 7 heteroatoms. The molecule has 0 bridgehead atoms. The van der Waals surface area contributed by atoms with Crippen molar-refractivity contribution in [3.63, 3.8) is 0 Å². The molecule has 1 saturated heterocycles. The van der Waals surface area contributed by atoms with Crippen LogP contribution in [-0.4, -0.2) is 17.7 Å². The van der Waals surface area contributed by atoms with E-state index in [9.17, 15) is 13.2 Å². The van der Waals surface area contributed by atoms with Crippen LogP contribution in [0.1, 0.15) is 30.5 Å². The van der Waals surface area contributed by atoms with E-state index in [1.54, 1.807) is 0 Å². The zero-order chi connectivity index (χ0) is 14.0. The molecule has 1 aliphatic rings. The van der Waals surface area contributed by atoms with E-state index < -0.39 is 17.8 Å². The van der Waals surface area contributed by atoms with Crippen LogP contribution in [0.4, 0.5) is 13.2 Å². The number of hydrogen-bond donors (Lipinski definition) is 2. The van der Waals surface area contributed by atoms with Crippen LogP contribution in [0.25, 0.3) is 0 Å². The predicted molar refractivity (Wildman–Crippen MR) is 62.8 cm³/mol. The number of aromatic nitrogens is 1. The maximum atomic E-state index is 13.0. The quantitative estimate of drug-likeness (QED) is 0.654. The third-order valence-corrected chi connectivity index (χ3v) is 3.44. The molecule has 2 heterocycles. The normalized spacial score (nSPS) is 25.5. The van der Waals surface area contributed by atoms with Gasteiger partial charge in [-0.2, -0.15) is 13.2 Å². The first kappa shape index (κ1) is 14.2. The number of halogens is 3. The molecular formula is C12H16F3N3O. The van der Waals surface area contributed by atoms with E-state index >= 15 is 0 Å². The van der Waals surface area contributed by atoms with Gasteiger partial charge in [-0.25, -0.2) is 0 Å². The van der Waals surface area contributed by atoms with Gasteiger partial charge >= 0.3 is 6.18 Å². The standard InChI is InChI=1S/C12H16F3N3O/c1-7-3-5-19-11(7)10(18-16)8-6-17-4-2-9(8)12(13,14)15/h2,4,6-7,10-11,18H,3,5,16H2,1H3. The zero-order valence-corrected chi connectivity index (χ0v) is 10.4. The summed E-state index contributed by atoms with van der Waals surface area (Å²) in [5, 5.41) is 0. The van der Waals surface area contributed by atoms with Gasteiger partial charge in [-0.1, -0.05) is 6.92 Å². The molecule has 4 nitrogen and oxygen atoms in total. The minimum Gasteiger partial charge on any atom is -0.376 e. The van der Waals surface area contributed by atoms with Crippen LogP contribution in [0, 0.1) is 5.92 Å². The van der Waals surface area contributed by atoms with Crippen LogP contribution >= 0.6 is 0 Å². The molecule has 0 saturated carbocycles. The van der Waals surface area contributed by atoms with Gasteiger partial charge in [-0.15, -0.1) is 0 Å². The number of nitrogens with one attached hydrogen (secondary N) is 1. The largest absolute Gasteiger partial charge is 0.416 e. The summed E-state index contributed by atoms with van der Waals surface area (Å²) in [6.45, 7) is 2.47. The van der Waals surface area contributed by atoms with Gasteiger partial charge in [0.2, 0.25) is 0 Å². The van der Waals surface area contributed by atoms with Crippen molar-refractivity contribution in [2.24, 2.45) is 11.8 Å². The van der Waals surface area contributed by atoms with Crippen molar-refractivity contribution < 1.29 is 17.9 Å². The Balaban J connectivity index is 2.38. The zero-order valence-electron chi connectivity index (χ0n) is 10.4. The molecule has 1 aromatic heterocycles. The average molecular weight is 275 g/mol. The molecule has 3 N–H and O–H groups in total. The molecule has 0 spiro atoms. The lowest BCUT2D eigenvalue weighted by molar-refractivity contribution is -0.138. The van der Waals surface area contributed by atoms with Crippen molar-refractivity contribution in [2.45, 2.75) is 31.7 Å². The van der Waals surface area contributed by atoms with E-state index in [2.05, 4.69) is 10.4 Å². The van der Waals surface area contributed by atoms with Gasteiger partial charge in [-0.3, -0.25) is 16.3 Å². The summed E-state index contributed by atoms with van der Waals surface area (Å²) in [7, 11) is 0. The number of nitrogens with zero attached hydrogens (tertiary/aromatic N) is 1. The smallest absolute Gasteiger partial charge is 0.376 e. The van der Waals surface area contributed by atoms with Crippen molar-refractivity contribution in [2.75, 3.05) is 6.61 Å². The maximum absolute atomic E-state index is 13.0. The second-order valence-corrected chi connectivity index (χ2v) is 4.71. The summed E-state index contributed by atoms with van der Waals surface area (Å²) >= 11 is 0. The summed E-state index contributed by atoms with van der Waals surface area (Å²) in [6.07, 6.45) is -1.68. The van der Waals surface area contributed by atoms with Crippen molar-refractivity contribution in [3.05, 3.63) is 29.6 Å². The fraction of sp³-hybridized carbons (Fsp3) is 0.583. The lowest BCUT2D eigenvalue weighted by Gasteiger charge is -2.27. The fourth-order valence-electron chi connectivity index (χ4n) is 2.42. The summed E-state index contributed by atoms with van der Waals surface area (Å²) in [5.74, 6) is 5.57. The topological polar surface area (TPSA) is 60.2 Å². The van der Waals surface area contributed by atoms with Gasteiger partial charge in [0.15, 0.2) is 0 Å². The molecule has 0 radical (unpaired) electrons. The van der Waals surface area contributed by atoms with Gasteiger partial charge in [-0.05, 0) is 18.4 Å². The average Bonchev–Trinajstić information content (AvgIpc) is 2.76. The number of hydrogen-bond acceptors (Lipinski definition) is 4. The molecule has 0 aliphatic carbocycles. The number of pyridine rings is 1. The van der Waals surface area contributed by atoms with Gasteiger partial charge in [0.1, 0.15) is 0 Å². The Labute approximate surface area is 109 Å². The van der Waals surface area contributed by atoms with Crippen LogP contribution < -0.4 is 11.3 Å². The lowest BCUT2D eigenvalue weighted by Crippen LogP contribution is -2.39. The maximum Gasteiger partial charge on any atom is 0.416 e. The molecular weight excluding hydrogens is 259 g/mol. The molecule has 106 valence electrons. The highest BCUT2D eigenvalue weighted by atomic mass is 19.4. The molecule has 1 fully saturated rings. The van der Waals surface area contributed by atoms with E-state index in [1.807, 2.05) is 6.92 Å². The Morgan fingerprint density at radius 2 is 2.26 bits per heavy atom. The van der Waals surface area contributed by atoms with E-state index in [-0.39, 0.29) is 17.6 Å². The van der Waals surface area contributed by atoms with Gasteiger partial charge in [0, 0.05) is 24.6 Å². The van der Waals surface area contributed by atoms with Gasteiger partial charge in [0.05, 0.1) is 17.7 Å². The van der Waals surface area contributed by atoms with Crippen LogP contribution in [0.3, 0.4) is 0 Å². The van der Waals surface area contributed by atoms with Gasteiger partial charge < -0.3 is 4.74 Å². The van der Waals surface area contributed by atoms with E-state index in [4.69, 9.17) is 10.6 Å². The van der Waals surface area contributed by atoms with Crippen LogP contribution in [-0.2, 0) is 10.9 Å². The van der Waals surface area contributed by atoms with E-state index in [1.165, 1.54) is 6.20 Å². The molecule has 0 aromatic carbocycles. The number of nitrogens with two attached hydrogens (primary N) is 1. The summed E-state index contributed by atoms with van der Waals surface area (Å²) < 4.78 is 44.5. The molecule has 2 rings (SSSR count). The number of ether oxygens (including phenoxy) is 1. The highest BCUT2D eigenvalue weighted by Crippen LogP contribution is 2.38. The lowest BCUT2D eigenvalue weighted by atomic mass is 9.91. The molecule has 3 unspecified atom stereocenters. The second-order valence-electron chi connectivity index (χ2n) is 4.71. The Morgan fingerprint density at radius 1 is 1.53 bits per heavy atom. The molecule has 1 aromatic rings. The Kier molecular flexibility index (Phi) is 4.07. The fourth-order valence-corrected chi connectivity index (χ4v) is 2.42.